The lowest BCUT2D eigenvalue weighted by Gasteiger charge is -2.23. The van der Waals surface area contributed by atoms with Gasteiger partial charge in [-0.05, 0) is 36.5 Å². The van der Waals surface area contributed by atoms with Gasteiger partial charge in [-0.2, -0.15) is 5.26 Å². The van der Waals surface area contributed by atoms with Crippen molar-refractivity contribution in [3.63, 3.8) is 0 Å². The lowest BCUT2D eigenvalue weighted by atomic mass is 9.96. The van der Waals surface area contributed by atoms with E-state index in [0.29, 0.717) is 0 Å². The number of aromatic amines is 1. The molecule has 1 aromatic carbocycles. The minimum atomic E-state index is 0.164. The van der Waals surface area contributed by atoms with Crippen LogP contribution in [0.3, 0.4) is 0 Å². The van der Waals surface area contributed by atoms with Gasteiger partial charge in [0.15, 0.2) is 0 Å². The summed E-state index contributed by atoms with van der Waals surface area (Å²) in [4.78, 5) is 3.59. The zero-order chi connectivity index (χ0) is 14.8. The Morgan fingerprint density at radius 3 is 2.95 bits per heavy atom. The molecule has 2 aromatic rings. The first kappa shape index (κ1) is 14.2. The summed E-state index contributed by atoms with van der Waals surface area (Å²) in [7, 11) is 0. The van der Waals surface area contributed by atoms with Crippen molar-refractivity contribution < 1.29 is 4.74 Å². The van der Waals surface area contributed by atoms with Crippen LogP contribution in [0, 0.1) is 11.3 Å². The summed E-state index contributed by atoms with van der Waals surface area (Å²) in [6, 6.07) is 6.39. The van der Waals surface area contributed by atoms with Crippen LogP contribution in [-0.2, 0) is 17.6 Å². The van der Waals surface area contributed by atoms with Crippen LogP contribution >= 0.6 is 0 Å². The van der Waals surface area contributed by atoms with Crippen LogP contribution in [0.5, 0.6) is 0 Å². The highest BCUT2D eigenvalue weighted by Crippen LogP contribution is 2.37. The van der Waals surface area contributed by atoms with Crippen molar-refractivity contribution in [1.82, 2.24) is 4.98 Å². The molecule has 1 aliphatic rings. The van der Waals surface area contributed by atoms with Gasteiger partial charge < -0.3 is 9.72 Å². The van der Waals surface area contributed by atoms with Crippen LogP contribution in [0.25, 0.3) is 10.9 Å². The molecule has 0 bridgehead atoms. The Balaban J connectivity index is 2.18. The maximum atomic E-state index is 9.43. The number of ether oxygens (including phenoxy) is 1. The molecule has 110 valence electrons. The van der Waals surface area contributed by atoms with Gasteiger partial charge in [0.25, 0.3) is 0 Å². The van der Waals surface area contributed by atoms with Crippen molar-refractivity contribution in [3.05, 3.63) is 34.5 Å². The van der Waals surface area contributed by atoms with E-state index < -0.39 is 0 Å². The summed E-state index contributed by atoms with van der Waals surface area (Å²) in [5, 5.41) is 10.6. The number of nitrogens with zero attached hydrogens (tertiary/aromatic N) is 1. The second kappa shape index (κ2) is 5.91. The Morgan fingerprint density at radius 2 is 2.24 bits per heavy atom. The Morgan fingerprint density at radius 1 is 1.38 bits per heavy atom. The Kier molecular flexibility index (Phi) is 3.98. The average molecular weight is 282 g/mol. The fourth-order valence-electron chi connectivity index (χ4n) is 3.37. The van der Waals surface area contributed by atoms with Gasteiger partial charge in [0.1, 0.15) is 0 Å². The minimum absolute atomic E-state index is 0.164. The molecular weight excluding hydrogens is 260 g/mol. The Labute approximate surface area is 125 Å². The van der Waals surface area contributed by atoms with Crippen LogP contribution in [0.2, 0.25) is 0 Å². The molecular formula is C18H22N2O. The standard InChI is InChI=1S/C18H22N2O/c1-3-5-6-15-18-14(9-10-21-15)16-13(11-19)8-7-12(4-2)17(16)20-18/h7-8,15,20H,3-6,9-10H2,1-2H3. The molecule has 1 unspecified atom stereocenters. The molecule has 3 nitrogen and oxygen atoms in total. The van der Waals surface area contributed by atoms with Gasteiger partial charge in [-0.15, -0.1) is 0 Å². The third kappa shape index (κ3) is 2.34. The summed E-state index contributed by atoms with van der Waals surface area (Å²) in [6.07, 6.45) is 5.45. The predicted molar refractivity (Wildman–Crippen MR) is 84.3 cm³/mol. The van der Waals surface area contributed by atoms with Gasteiger partial charge in [-0.1, -0.05) is 32.8 Å². The zero-order valence-corrected chi connectivity index (χ0v) is 12.8. The van der Waals surface area contributed by atoms with Crippen LogP contribution in [0.15, 0.2) is 12.1 Å². The molecule has 1 N–H and O–H groups in total. The molecule has 0 spiro atoms. The molecule has 0 radical (unpaired) electrons. The first-order chi connectivity index (χ1) is 10.3. The number of hydrogen-bond acceptors (Lipinski definition) is 2. The average Bonchev–Trinajstić information content (AvgIpc) is 2.92. The summed E-state index contributed by atoms with van der Waals surface area (Å²) >= 11 is 0. The number of aryl methyl sites for hydroxylation is 1. The molecule has 3 rings (SSSR count). The molecule has 0 aliphatic carbocycles. The summed E-state index contributed by atoms with van der Waals surface area (Å²) in [6.45, 7) is 5.12. The molecule has 0 fully saturated rings. The van der Waals surface area contributed by atoms with Gasteiger partial charge >= 0.3 is 0 Å². The van der Waals surface area contributed by atoms with Gasteiger partial charge in [0.05, 0.1) is 29.9 Å². The second-order valence-corrected chi connectivity index (χ2v) is 5.76. The number of benzene rings is 1. The molecule has 2 heterocycles. The molecule has 3 heteroatoms. The fourth-order valence-corrected chi connectivity index (χ4v) is 3.37. The number of aromatic nitrogens is 1. The minimum Gasteiger partial charge on any atom is -0.372 e. The Bertz CT molecular complexity index is 693. The highest BCUT2D eigenvalue weighted by atomic mass is 16.5. The van der Waals surface area contributed by atoms with E-state index in [1.54, 1.807) is 0 Å². The Hall–Kier alpha value is -1.79. The van der Waals surface area contributed by atoms with E-state index in [0.717, 1.165) is 42.3 Å². The number of rotatable bonds is 4. The van der Waals surface area contributed by atoms with Crippen LogP contribution in [-0.4, -0.2) is 11.6 Å². The molecule has 1 atom stereocenters. The lowest BCUT2D eigenvalue weighted by Crippen LogP contribution is -2.15. The van der Waals surface area contributed by atoms with E-state index in [9.17, 15) is 5.26 Å². The van der Waals surface area contributed by atoms with Gasteiger partial charge in [-0.25, -0.2) is 0 Å². The first-order valence-electron chi connectivity index (χ1n) is 7.98. The molecule has 1 aliphatic heterocycles. The quantitative estimate of drug-likeness (QED) is 0.903. The van der Waals surface area contributed by atoms with E-state index in [4.69, 9.17) is 4.74 Å². The fraction of sp³-hybridized carbons (Fsp3) is 0.500. The third-order valence-electron chi connectivity index (χ3n) is 4.49. The number of fused-ring (bicyclic) bond motifs is 3. The van der Waals surface area contributed by atoms with Crippen molar-refractivity contribution >= 4 is 10.9 Å². The largest absolute Gasteiger partial charge is 0.372 e. The van der Waals surface area contributed by atoms with Crippen LogP contribution in [0.4, 0.5) is 0 Å². The molecule has 0 amide bonds. The van der Waals surface area contributed by atoms with E-state index in [1.807, 2.05) is 6.07 Å². The van der Waals surface area contributed by atoms with Gasteiger partial charge in [-0.3, -0.25) is 0 Å². The van der Waals surface area contributed by atoms with Crippen molar-refractivity contribution in [3.8, 4) is 6.07 Å². The molecule has 0 saturated heterocycles. The topological polar surface area (TPSA) is 48.8 Å². The summed E-state index contributed by atoms with van der Waals surface area (Å²) in [5.41, 5.74) is 5.74. The van der Waals surface area contributed by atoms with E-state index >= 15 is 0 Å². The summed E-state index contributed by atoms with van der Waals surface area (Å²) < 4.78 is 5.97. The van der Waals surface area contributed by atoms with Gasteiger partial charge in [0, 0.05) is 11.1 Å². The third-order valence-corrected chi connectivity index (χ3v) is 4.49. The normalized spacial score (nSPS) is 17.7. The van der Waals surface area contributed by atoms with E-state index in [2.05, 4.69) is 31.0 Å². The molecule has 0 saturated carbocycles. The highest BCUT2D eigenvalue weighted by Gasteiger charge is 2.26. The lowest BCUT2D eigenvalue weighted by molar-refractivity contribution is 0.0329. The predicted octanol–water partition coefficient (Wildman–Crippen LogP) is 4.41. The number of nitriles is 1. The van der Waals surface area contributed by atoms with E-state index in [1.165, 1.54) is 29.7 Å². The SMILES string of the molecule is CCCCC1OCCc2c1[nH]c1c(CC)ccc(C#N)c21. The van der Waals surface area contributed by atoms with Gasteiger partial charge in [0.2, 0.25) is 0 Å². The van der Waals surface area contributed by atoms with Crippen molar-refractivity contribution in [2.45, 2.75) is 52.1 Å². The molecule has 1 aromatic heterocycles. The number of unbranched alkanes of at least 4 members (excludes halogenated alkanes) is 1. The van der Waals surface area contributed by atoms with Crippen molar-refractivity contribution in [2.24, 2.45) is 0 Å². The monoisotopic (exact) mass is 282 g/mol. The van der Waals surface area contributed by atoms with Crippen molar-refractivity contribution in [2.75, 3.05) is 6.61 Å². The highest BCUT2D eigenvalue weighted by molar-refractivity contribution is 5.92. The zero-order valence-electron chi connectivity index (χ0n) is 12.8. The second-order valence-electron chi connectivity index (χ2n) is 5.76. The maximum Gasteiger partial charge on any atom is 0.0998 e. The number of nitrogens with one attached hydrogen (secondary N) is 1. The smallest absolute Gasteiger partial charge is 0.0998 e. The first-order valence-corrected chi connectivity index (χ1v) is 7.98. The molecule has 21 heavy (non-hydrogen) atoms. The van der Waals surface area contributed by atoms with Crippen LogP contribution in [0.1, 0.15) is 61.6 Å². The maximum absolute atomic E-state index is 9.43. The van der Waals surface area contributed by atoms with Crippen molar-refractivity contribution in [1.29, 1.82) is 5.26 Å². The summed E-state index contributed by atoms with van der Waals surface area (Å²) in [5.74, 6) is 0. The van der Waals surface area contributed by atoms with E-state index in [-0.39, 0.29) is 6.10 Å². The number of H-pyrrole nitrogens is 1. The van der Waals surface area contributed by atoms with Crippen LogP contribution < -0.4 is 0 Å². The number of hydrogen-bond donors (Lipinski definition) is 1.